The molecule has 0 bridgehead atoms. The smallest absolute Gasteiger partial charge is 0.333 e. The summed E-state index contributed by atoms with van der Waals surface area (Å²) in [6.45, 7) is 6.24. The van der Waals surface area contributed by atoms with Gasteiger partial charge >= 0.3 is 5.97 Å². The zero-order valence-electron chi connectivity index (χ0n) is 13.7. The van der Waals surface area contributed by atoms with Crippen LogP contribution in [0.25, 0.3) is 0 Å². The van der Waals surface area contributed by atoms with Gasteiger partial charge in [-0.05, 0) is 19.8 Å². The average molecular weight is 326 g/mol. The van der Waals surface area contributed by atoms with Crippen LogP contribution >= 0.6 is 0 Å². The van der Waals surface area contributed by atoms with Gasteiger partial charge in [-0.25, -0.2) is 4.79 Å². The molecule has 3 fully saturated rings. The maximum absolute atomic E-state index is 11.6. The summed E-state index contributed by atoms with van der Waals surface area (Å²) in [5.74, 6) is -0.409. The van der Waals surface area contributed by atoms with Crippen LogP contribution in [-0.4, -0.2) is 56.5 Å². The normalized spacial score (nSPS) is 34.3. The second-order valence-corrected chi connectivity index (χ2v) is 6.57. The van der Waals surface area contributed by atoms with Crippen molar-refractivity contribution >= 4 is 5.97 Å². The summed E-state index contributed by atoms with van der Waals surface area (Å²) in [6.07, 6.45) is 5.30. The molecule has 4 atom stereocenters. The van der Waals surface area contributed by atoms with Crippen molar-refractivity contribution in [2.24, 2.45) is 0 Å². The number of carbonyl (C=O) groups is 1. The van der Waals surface area contributed by atoms with Crippen molar-refractivity contribution < 1.29 is 28.5 Å². The summed E-state index contributed by atoms with van der Waals surface area (Å²) >= 11 is 0. The maximum Gasteiger partial charge on any atom is 0.333 e. The molecule has 6 heteroatoms. The molecule has 2 aliphatic heterocycles. The quantitative estimate of drug-likeness (QED) is 0.422. The molecule has 1 saturated carbocycles. The Hall–Kier alpha value is -0.950. The topological polar surface area (TPSA) is 63.2 Å². The Morgan fingerprint density at radius 1 is 1.04 bits per heavy atom. The molecule has 0 aromatic carbocycles. The molecule has 3 rings (SSSR count). The van der Waals surface area contributed by atoms with Crippen LogP contribution in [0, 0.1) is 0 Å². The largest absolute Gasteiger partial charge is 0.454 e. The van der Waals surface area contributed by atoms with E-state index in [0.717, 1.165) is 12.8 Å². The van der Waals surface area contributed by atoms with Gasteiger partial charge in [-0.1, -0.05) is 25.8 Å². The van der Waals surface area contributed by atoms with Crippen LogP contribution < -0.4 is 0 Å². The molecule has 0 N–H and O–H groups in total. The van der Waals surface area contributed by atoms with Gasteiger partial charge in [0.25, 0.3) is 0 Å². The van der Waals surface area contributed by atoms with E-state index >= 15 is 0 Å². The van der Waals surface area contributed by atoms with E-state index in [4.69, 9.17) is 23.7 Å². The van der Waals surface area contributed by atoms with Gasteiger partial charge in [0.05, 0.1) is 19.3 Å². The first-order valence-corrected chi connectivity index (χ1v) is 8.48. The third-order valence-corrected chi connectivity index (χ3v) is 4.71. The molecule has 0 unspecified atom stereocenters. The lowest BCUT2D eigenvalue weighted by Gasteiger charge is -2.23. The molecule has 6 nitrogen and oxygen atoms in total. The third kappa shape index (κ3) is 4.12. The molecule has 0 aromatic heterocycles. The van der Waals surface area contributed by atoms with E-state index in [1.807, 2.05) is 0 Å². The highest BCUT2D eigenvalue weighted by Crippen LogP contribution is 2.31. The van der Waals surface area contributed by atoms with Gasteiger partial charge in [-0.3, -0.25) is 0 Å². The standard InChI is InChI=1S/C17H26O6/c1-11(2)17(18)23-14-9-20-15-13(8-19-16(14)15)22-10-21-12-6-4-3-5-7-12/h12-16H,1,3-10H2,2H3/t13-,14+,15-,16-/m1/s1. The van der Waals surface area contributed by atoms with E-state index in [-0.39, 0.29) is 25.1 Å². The zero-order chi connectivity index (χ0) is 16.2. The van der Waals surface area contributed by atoms with Crippen molar-refractivity contribution in [2.45, 2.75) is 69.5 Å². The first-order valence-electron chi connectivity index (χ1n) is 8.48. The van der Waals surface area contributed by atoms with E-state index in [1.165, 1.54) is 19.3 Å². The molecule has 2 saturated heterocycles. The van der Waals surface area contributed by atoms with Crippen molar-refractivity contribution in [1.82, 2.24) is 0 Å². The van der Waals surface area contributed by atoms with Crippen LogP contribution in [0.4, 0.5) is 0 Å². The Balaban J connectivity index is 1.41. The molecular formula is C17H26O6. The minimum Gasteiger partial charge on any atom is -0.454 e. The Labute approximate surface area is 137 Å². The fourth-order valence-corrected chi connectivity index (χ4v) is 3.37. The zero-order valence-corrected chi connectivity index (χ0v) is 13.7. The van der Waals surface area contributed by atoms with E-state index in [2.05, 4.69) is 6.58 Å². The van der Waals surface area contributed by atoms with E-state index < -0.39 is 12.1 Å². The van der Waals surface area contributed by atoms with Gasteiger partial charge in [0.1, 0.15) is 25.1 Å². The van der Waals surface area contributed by atoms with Gasteiger partial charge < -0.3 is 23.7 Å². The number of rotatable bonds is 6. The molecule has 3 aliphatic rings. The maximum atomic E-state index is 11.6. The van der Waals surface area contributed by atoms with E-state index in [9.17, 15) is 4.79 Å². The van der Waals surface area contributed by atoms with Gasteiger partial charge in [-0.15, -0.1) is 0 Å². The van der Waals surface area contributed by atoms with Gasteiger partial charge in [0.15, 0.2) is 6.10 Å². The Bertz CT molecular complexity index is 431. The molecule has 130 valence electrons. The predicted molar refractivity (Wildman–Crippen MR) is 81.9 cm³/mol. The van der Waals surface area contributed by atoms with E-state index in [1.54, 1.807) is 6.92 Å². The lowest BCUT2D eigenvalue weighted by atomic mass is 9.98. The number of carbonyl (C=O) groups excluding carboxylic acids is 1. The van der Waals surface area contributed by atoms with Crippen molar-refractivity contribution in [1.29, 1.82) is 0 Å². The predicted octanol–water partition coefficient (Wildman–Crippen LogP) is 1.96. The van der Waals surface area contributed by atoms with Gasteiger partial charge in [0.2, 0.25) is 0 Å². The fraction of sp³-hybridized carbons (Fsp3) is 0.824. The van der Waals surface area contributed by atoms with Crippen molar-refractivity contribution in [3.05, 3.63) is 12.2 Å². The highest BCUT2D eigenvalue weighted by atomic mass is 16.7. The van der Waals surface area contributed by atoms with Crippen LogP contribution in [0.2, 0.25) is 0 Å². The number of hydrogen-bond donors (Lipinski definition) is 0. The molecule has 23 heavy (non-hydrogen) atoms. The lowest BCUT2D eigenvalue weighted by molar-refractivity contribution is -0.151. The third-order valence-electron chi connectivity index (χ3n) is 4.71. The second-order valence-electron chi connectivity index (χ2n) is 6.57. The highest BCUT2D eigenvalue weighted by Gasteiger charge is 2.50. The summed E-state index contributed by atoms with van der Waals surface area (Å²) < 4.78 is 28.4. The van der Waals surface area contributed by atoms with Gasteiger partial charge in [-0.2, -0.15) is 0 Å². The van der Waals surface area contributed by atoms with Crippen LogP contribution in [0.3, 0.4) is 0 Å². The molecule has 2 heterocycles. The summed E-state index contributed by atoms with van der Waals surface area (Å²) in [4.78, 5) is 11.6. The minimum absolute atomic E-state index is 0.169. The average Bonchev–Trinajstić information content (AvgIpc) is 3.12. The van der Waals surface area contributed by atoms with Crippen molar-refractivity contribution in [3.63, 3.8) is 0 Å². The lowest BCUT2D eigenvalue weighted by Crippen LogP contribution is -2.35. The molecule has 1 aliphatic carbocycles. The van der Waals surface area contributed by atoms with E-state index in [0.29, 0.717) is 24.9 Å². The molecule has 0 aromatic rings. The van der Waals surface area contributed by atoms with Crippen LogP contribution in [0.15, 0.2) is 12.2 Å². The molecular weight excluding hydrogens is 300 g/mol. The molecule has 0 amide bonds. The Kier molecular flexibility index (Phi) is 5.69. The molecule has 0 spiro atoms. The SMILES string of the molecule is C=C(C)C(=O)O[C@H]1CO[C@H]2[C@@H]1OC[C@H]2OCOC1CCCCC1. The number of hydrogen-bond acceptors (Lipinski definition) is 6. The summed E-state index contributed by atoms with van der Waals surface area (Å²) in [5.41, 5.74) is 0.375. The van der Waals surface area contributed by atoms with Crippen LogP contribution in [-0.2, 0) is 28.5 Å². The summed E-state index contributed by atoms with van der Waals surface area (Å²) in [5, 5.41) is 0. The highest BCUT2D eigenvalue weighted by molar-refractivity contribution is 5.87. The summed E-state index contributed by atoms with van der Waals surface area (Å²) in [6, 6.07) is 0. The van der Waals surface area contributed by atoms with Crippen molar-refractivity contribution in [3.8, 4) is 0 Å². The Morgan fingerprint density at radius 2 is 1.70 bits per heavy atom. The van der Waals surface area contributed by atoms with Gasteiger partial charge in [0, 0.05) is 5.57 Å². The number of fused-ring (bicyclic) bond motifs is 1. The number of ether oxygens (including phenoxy) is 5. The Morgan fingerprint density at radius 3 is 2.39 bits per heavy atom. The van der Waals surface area contributed by atoms with Crippen molar-refractivity contribution in [2.75, 3.05) is 20.0 Å². The first-order chi connectivity index (χ1) is 11.1. The second kappa shape index (κ2) is 7.75. The molecule has 0 radical (unpaired) electrons. The minimum atomic E-state index is -0.409. The summed E-state index contributed by atoms with van der Waals surface area (Å²) in [7, 11) is 0. The first kappa shape index (κ1) is 16.9. The van der Waals surface area contributed by atoms with Crippen LogP contribution in [0.5, 0.6) is 0 Å². The fourth-order valence-electron chi connectivity index (χ4n) is 3.37. The monoisotopic (exact) mass is 326 g/mol. The number of esters is 1. The van der Waals surface area contributed by atoms with Crippen LogP contribution in [0.1, 0.15) is 39.0 Å².